The highest BCUT2D eigenvalue weighted by molar-refractivity contribution is 5.91. The van der Waals surface area contributed by atoms with Gasteiger partial charge in [-0.2, -0.15) is 96.6 Å². The van der Waals surface area contributed by atoms with Crippen molar-refractivity contribution in [1.29, 1.82) is 0 Å². The number of allylic oxidation sites excluding steroid dienone is 1. The van der Waals surface area contributed by atoms with Crippen molar-refractivity contribution in [2.24, 2.45) is 0 Å². The lowest BCUT2D eigenvalue weighted by atomic mass is 9.88. The van der Waals surface area contributed by atoms with Crippen LogP contribution in [0.5, 0.6) is 0 Å². The lowest BCUT2D eigenvalue weighted by molar-refractivity contribution is -0.460. The van der Waals surface area contributed by atoms with Crippen LogP contribution in [0.15, 0.2) is 11.4 Å². The average Bonchev–Trinajstić information content (AvgIpc) is 2.70. The third-order valence-corrected chi connectivity index (χ3v) is 4.28. The Labute approximate surface area is 196 Å². The van der Waals surface area contributed by atoms with Crippen molar-refractivity contribution in [2.45, 2.75) is 59.7 Å². The van der Waals surface area contributed by atoms with E-state index in [0.29, 0.717) is 0 Å². The molecule has 0 saturated carbocycles. The Morgan fingerprint density at radius 2 is 0.718 bits per heavy atom. The molecule has 0 spiro atoms. The summed E-state index contributed by atoms with van der Waals surface area (Å²) in [5, 5.41) is 0. The first-order chi connectivity index (χ1) is 16.5. The summed E-state index contributed by atoms with van der Waals surface area (Å²) in [5.41, 5.74) is -4.72. The van der Waals surface area contributed by atoms with Gasteiger partial charge < -0.3 is 4.74 Å². The van der Waals surface area contributed by atoms with Gasteiger partial charge in [-0.1, -0.05) is 0 Å². The largest absolute Gasteiger partial charge is 0.465 e. The number of alkyl halides is 22. The first-order valence-corrected chi connectivity index (χ1v) is 8.16. The molecule has 2 nitrogen and oxygen atoms in total. The maximum absolute atomic E-state index is 13.8. The first-order valence-electron chi connectivity index (χ1n) is 8.16. The second kappa shape index (κ2) is 9.33. The van der Waals surface area contributed by atoms with Gasteiger partial charge in [-0.3, -0.25) is 0 Å². The first kappa shape index (κ1) is 36.6. The molecule has 0 aliphatic heterocycles. The molecule has 25 heteroatoms. The predicted octanol–water partition coefficient (Wildman–Crippen LogP) is 7.59. The summed E-state index contributed by atoms with van der Waals surface area (Å²) in [6.45, 7) is 0. The van der Waals surface area contributed by atoms with Crippen LogP contribution in [0.4, 0.5) is 101 Å². The number of methoxy groups -OCH3 is 1. The Morgan fingerprint density at radius 3 is 0.974 bits per heavy atom. The van der Waals surface area contributed by atoms with E-state index in [1.165, 1.54) is 0 Å². The Balaban J connectivity index is 7.51. The topological polar surface area (TPSA) is 26.3 Å². The standard InChI is InChI=1S/C14H3F23O2/c1-39-4(38)2(5(16,17)13(32,33)34)3(15)6(18,19)7(20,21)8(22,23)9(24,25)10(26,27)11(28,29)12(30,31)14(35,36)37/h1H3. The van der Waals surface area contributed by atoms with Crippen molar-refractivity contribution < 1.29 is 111 Å². The monoisotopic (exact) mass is 640 g/mol. The molecule has 0 rings (SSSR count). The summed E-state index contributed by atoms with van der Waals surface area (Å²) in [6.07, 6.45) is -15.6. The molecule has 232 valence electrons. The van der Waals surface area contributed by atoms with E-state index in [9.17, 15) is 106 Å². The molecule has 0 aliphatic carbocycles. The van der Waals surface area contributed by atoms with Gasteiger partial charge in [0, 0.05) is 0 Å². The molecule has 0 N–H and O–H groups in total. The van der Waals surface area contributed by atoms with E-state index in [1.54, 1.807) is 0 Å². The quantitative estimate of drug-likeness (QED) is 0.148. The minimum atomic E-state index is -9.27. The average molecular weight is 640 g/mol. The van der Waals surface area contributed by atoms with E-state index in [0.717, 1.165) is 0 Å². The van der Waals surface area contributed by atoms with Gasteiger partial charge in [0.2, 0.25) is 0 Å². The lowest BCUT2D eigenvalue weighted by Gasteiger charge is -2.42. The molecule has 0 heterocycles. The van der Waals surface area contributed by atoms with E-state index in [4.69, 9.17) is 0 Å². The second-order valence-electron chi connectivity index (χ2n) is 6.77. The fraction of sp³-hybridized carbons (Fsp3) is 0.786. The Kier molecular flexibility index (Phi) is 8.75. The highest BCUT2D eigenvalue weighted by atomic mass is 19.4. The zero-order valence-corrected chi connectivity index (χ0v) is 17.0. The van der Waals surface area contributed by atoms with Gasteiger partial charge >= 0.3 is 65.7 Å². The van der Waals surface area contributed by atoms with Crippen LogP contribution in [0.1, 0.15) is 0 Å². The molecule has 0 atom stereocenters. The van der Waals surface area contributed by atoms with Crippen molar-refractivity contribution in [3.05, 3.63) is 11.4 Å². The van der Waals surface area contributed by atoms with Crippen LogP contribution in [0, 0.1) is 0 Å². The molecule has 0 aromatic heterocycles. The molecule has 0 aromatic carbocycles. The van der Waals surface area contributed by atoms with Crippen molar-refractivity contribution in [3.8, 4) is 0 Å². The zero-order valence-electron chi connectivity index (χ0n) is 17.0. The predicted molar refractivity (Wildman–Crippen MR) is 71.8 cm³/mol. The lowest BCUT2D eigenvalue weighted by Crippen LogP contribution is -2.74. The van der Waals surface area contributed by atoms with Gasteiger partial charge in [-0.25, -0.2) is 9.18 Å². The molecule has 39 heavy (non-hydrogen) atoms. The van der Waals surface area contributed by atoms with Gasteiger partial charge in [0.1, 0.15) is 0 Å². The molecule has 0 fully saturated rings. The van der Waals surface area contributed by atoms with Gasteiger partial charge in [-0.15, -0.1) is 0 Å². The van der Waals surface area contributed by atoms with Crippen molar-refractivity contribution in [2.75, 3.05) is 7.11 Å². The Morgan fingerprint density at radius 1 is 0.436 bits per heavy atom. The third kappa shape index (κ3) is 4.79. The van der Waals surface area contributed by atoms with Gasteiger partial charge in [0.15, 0.2) is 11.4 Å². The number of halogens is 23. The highest BCUT2D eigenvalue weighted by Crippen LogP contribution is 2.65. The zero-order chi connectivity index (χ0) is 32.4. The Hall–Kier alpha value is -2.40. The van der Waals surface area contributed by atoms with E-state index in [-0.39, 0.29) is 0 Å². The van der Waals surface area contributed by atoms with Crippen LogP contribution in [-0.2, 0) is 9.53 Å². The molecule has 0 bridgehead atoms. The maximum Gasteiger partial charge on any atom is 0.460 e. The summed E-state index contributed by atoms with van der Waals surface area (Å²) in [7, 11) is -0.398. The van der Waals surface area contributed by atoms with Crippen LogP contribution in [0.2, 0.25) is 0 Å². The fourth-order valence-electron chi connectivity index (χ4n) is 2.06. The van der Waals surface area contributed by atoms with Gasteiger partial charge in [0.25, 0.3) is 0 Å². The van der Waals surface area contributed by atoms with E-state index in [1.807, 2.05) is 0 Å². The van der Waals surface area contributed by atoms with Crippen LogP contribution < -0.4 is 0 Å². The summed E-state index contributed by atoms with van der Waals surface area (Å²) in [4.78, 5) is 10.9. The van der Waals surface area contributed by atoms with Crippen molar-refractivity contribution in [3.63, 3.8) is 0 Å². The number of esters is 1. The minimum absolute atomic E-state index is 0.398. The molecule has 0 aromatic rings. The van der Waals surface area contributed by atoms with Crippen molar-refractivity contribution >= 4 is 5.97 Å². The molecular weight excluding hydrogens is 637 g/mol. The summed E-state index contributed by atoms with van der Waals surface area (Å²) < 4.78 is 303. The second-order valence-corrected chi connectivity index (χ2v) is 6.77. The fourth-order valence-corrected chi connectivity index (χ4v) is 2.06. The Bertz CT molecular complexity index is 964. The number of carbonyl (C=O) groups is 1. The molecule has 0 unspecified atom stereocenters. The molecule has 0 aliphatic rings. The van der Waals surface area contributed by atoms with Crippen LogP contribution in [0.25, 0.3) is 0 Å². The van der Waals surface area contributed by atoms with Gasteiger partial charge in [0.05, 0.1) is 7.11 Å². The van der Waals surface area contributed by atoms with Crippen LogP contribution in [-0.4, -0.2) is 72.8 Å². The summed E-state index contributed by atoms with van der Waals surface area (Å²) in [6, 6.07) is 0. The van der Waals surface area contributed by atoms with Crippen LogP contribution >= 0.6 is 0 Å². The van der Waals surface area contributed by atoms with E-state index < -0.39 is 84.2 Å². The number of hydrogen-bond acceptors (Lipinski definition) is 2. The third-order valence-electron chi connectivity index (χ3n) is 4.28. The maximum atomic E-state index is 13.8. The number of ether oxygens (including phenoxy) is 1. The summed E-state index contributed by atoms with van der Waals surface area (Å²) in [5.74, 6) is -79.4. The smallest absolute Gasteiger partial charge is 0.460 e. The van der Waals surface area contributed by atoms with E-state index in [2.05, 4.69) is 4.74 Å². The van der Waals surface area contributed by atoms with Crippen molar-refractivity contribution in [1.82, 2.24) is 0 Å². The summed E-state index contributed by atoms with van der Waals surface area (Å²) >= 11 is 0. The number of carbonyl (C=O) groups excluding carboxylic acids is 1. The number of hydrogen-bond donors (Lipinski definition) is 0. The van der Waals surface area contributed by atoms with Gasteiger partial charge in [-0.05, 0) is 0 Å². The highest BCUT2D eigenvalue weighted by Gasteiger charge is 2.95. The molecule has 0 saturated heterocycles. The molecule has 0 radical (unpaired) electrons. The molecular formula is C14H3F23O2. The minimum Gasteiger partial charge on any atom is -0.465 e. The molecule has 0 amide bonds. The SMILES string of the molecule is COC(=O)C(=C(F)C(F)(F)C(F)(F)C(F)(F)C(F)(F)C(F)(F)C(F)(F)C(F)(F)C(F)(F)F)C(F)(F)C(F)(F)F. The van der Waals surface area contributed by atoms with E-state index >= 15 is 0 Å². The van der Waals surface area contributed by atoms with Crippen LogP contribution in [0.3, 0.4) is 0 Å². The normalized spacial score (nSPS) is 16.7. The number of rotatable bonds is 9.